The van der Waals surface area contributed by atoms with Crippen molar-refractivity contribution in [2.75, 3.05) is 0 Å². The van der Waals surface area contributed by atoms with Crippen molar-refractivity contribution in [1.82, 2.24) is 10.6 Å². The molecule has 0 aliphatic heterocycles. The molecule has 0 aliphatic rings. The van der Waals surface area contributed by atoms with Crippen molar-refractivity contribution in [3.63, 3.8) is 0 Å². The Morgan fingerprint density at radius 2 is 1.09 bits per heavy atom. The normalized spacial score (nSPS) is 11.0. The van der Waals surface area contributed by atoms with E-state index in [2.05, 4.69) is 10.6 Å². The zero-order valence-electron chi connectivity index (χ0n) is 13.4. The molecule has 0 saturated carbocycles. The molecule has 116 valence electrons. The summed E-state index contributed by atoms with van der Waals surface area (Å²) < 4.78 is 0. The Morgan fingerprint density at radius 1 is 0.727 bits per heavy atom. The van der Waals surface area contributed by atoms with Gasteiger partial charge in [-0.2, -0.15) is 0 Å². The van der Waals surface area contributed by atoms with E-state index in [0.29, 0.717) is 11.1 Å². The van der Waals surface area contributed by atoms with Crippen molar-refractivity contribution in [2.45, 2.75) is 39.8 Å². The molecule has 0 aromatic heterocycles. The van der Waals surface area contributed by atoms with Crippen LogP contribution in [0.4, 0.5) is 0 Å². The van der Waals surface area contributed by atoms with Crippen LogP contribution in [-0.2, 0) is 0 Å². The third-order valence-electron chi connectivity index (χ3n) is 3.25. The van der Waals surface area contributed by atoms with Gasteiger partial charge >= 0.3 is 0 Å². The van der Waals surface area contributed by atoms with Crippen molar-refractivity contribution >= 4 is 22.6 Å². The van der Waals surface area contributed by atoms with E-state index in [9.17, 15) is 9.59 Å². The van der Waals surface area contributed by atoms with Gasteiger partial charge in [-0.05, 0) is 50.6 Å². The van der Waals surface area contributed by atoms with Crippen LogP contribution in [0.15, 0.2) is 36.4 Å². The molecule has 0 spiro atoms. The Morgan fingerprint density at radius 3 is 1.41 bits per heavy atom. The SMILES string of the molecule is CC(C)NC(=O)c1ccc(C(=O)NC(C)C)c2ccccc12. The van der Waals surface area contributed by atoms with Crippen molar-refractivity contribution < 1.29 is 9.59 Å². The fourth-order valence-electron chi connectivity index (χ4n) is 2.37. The van der Waals surface area contributed by atoms with Gasteiger partial charge in [0.25, 0.3) is 11.8 Å². The Hall–Kier alpha value is -2.36. The number of fused-ring (bicyclic) bond motifs is 1. The Bertz CT molecular complexity index is 645. The molecule has 0 radical (unpaired) electrons. The van der Waals surface area contributed by atoms with Crippen LogP contribution in [0, 0.1) is 0 Å². The fourth-order valence-corrected chi connectivity index (χ4v) is 2.37. The molecule has 0 unspecified atom stereocenters. The van der Waals surface area contributed by atoms with Gasteiger partial charge in [0.1, 0.15) is 0 Å². The number of carbonyl (C=O) groups is 2. The first-order valence-electron chi connectivity index (χ1n) is 7.53. The Labute approximate surface area is 130 Å². The summed E-state index contributed by atoms with van der Waals surface area (Å²) in [5.74, 6) is -0.246. The molecule has 0 bridgehead atoms. The second-order valence-corrected chi connectivity index (χ2v) is 5.96. The molecular weight excluding hydrogens is 276 g/mol. The minimum atomic E-state index is -0.123. The van der Waals surface area contributed by atoms with E-state index in [0.717, 1.165) is 10.8 Å². The summed E-state index contributed by atoms with van der Waals surface area (Å²) in [4.78, 5) is 24.6. The zero-order valence-corrected chi connectivity index (χ0v) is 13.4. The van der Waals surface area contributed by atoms with Crippen molar-refractivity contribution in [1.29, 1.82) is 0 Å². The van der Waals surface area contributed by atoms with E-state index in [1.165, 1.54) is 0 Å². The first-order valence-corrected chi connectivity index (χ1v) is 7.53. The zero-order chi connectivity index (χ0) is 16.3. The highest BCUT2D eigenvalue weighted by Gasteiger charge is 2.16. The smallest absolute Gasteiger partial charge is 0.252 e. The summed E-state index contributed by atoms with van der Waals surface area (Å²) in [6.45, 7) is 7.68. The standard InChI is InChI=1S/C18H22N2O2/c1-11(2)19-17(21)15-9-10-16(18(22)20-12(3)4)14-8-6-5-7-13(14)15/h5-12H,1-4H3,(H,19,21)(H,20,22). The van der Waals surface area contributed by atoms with E-state index in [-0.39, 0.29) is 23.9 Å². The molecule has 2 amide bonds. The van der Waals surface area contributed by atoms with Crippen LogP contribution in [-0.4, -0.2) is 23.9 Å². The maximum absolute atomic E-state index is 12.3. The minimum Gasteiger partial charge on any atom is -0.350 e. The van der Waals surface area contributed by atoms with Crippen LogP contribution < -0.4 is 10.6 Å². The van der Waals surface area contributed by atoms with Crippen molar-refractivity contribution in [3.05, 3.63) is 47.5 Å². The molecule has 2 rings (SSSR count). The molecule has 4 heteroatoms. The number of rotatable bonds is 4. The first kappa shape index (κ1) is 16.0. The second kappa shape index (κ2) is 6.60. The van der Waals surface area contributed by atoms with Crippen LogP contribution in [0.2, 0.25) is 0 Å². The largest absolute Gasteiger partial charge is 0.350 e. The Kier molecular flexibility index (Phi) is 4.81. The lowest BCUT2D eigenvalue weighted by atomic mass is 9.98. The minimum absolute atomic E-state index is 0.0650. The number of nitrogens with one attached hydrogen (secondary N) is 2. The van der Waals surface area contributed by atoms with Gasteiger partial charge < -0.3 is 10.6 Å². The monoisotopic (exact) mass is 298 g/mol. The topological polar surface area (TPSA) is 58.2 Å². The molecular formula is C18H22N2O2. The third kappa shape index (κ3) is 3.45. The summed E-state index contributed by atoms with van der Waals surface area (Å²) in [7, 11) is 0. The number of hydrogen-bond donors (Lipinski definition) is 2. The molecule has 0 fully saturated rings. The molecule has 2 N–H and O–H groups in total. The van der Waals surface area contributed by atoms with Gasteiger partial charge in [0.2, 0.25) is 0 Å². The number of benzene rings is 2. The maximum Gasteiger partial charge on any atom is 0.252 e. The van der Waals surface area contributed by atoms with Gasteiger partial charge in [0.05, 0.1) is 0 Å². The highest BCUT2D eigenvalue weighted by molar-refractivity contribution is 6.14. The third-order valence-corrected chi connectivity index (χ3v) is 3.25. The van der Waals surface area contributed by atoms with E-state index >= 15 is 0 Å². The molecule has 2 aromatic carbocycles. The average Bonchev–Trinajstić information content (AvgIpc) is 2.44. The second-order valence-electron chi connectivity index (χ2n) is 5.96. The van der Waals surface area contributed by atoms with Gasteiger partial charge in [-0.1, -0.05) is 24.3 Å². The predicted octanol–water partition coefficient (Wildman–Crippen LogP) is 3.12. The van der Waals surface area contributed by atoms with E-state index in [1.54, 1.807) is 12.1 Å². The van der Waals surface area contributed by atoms with Crippen molar-refractivity contribution in [2.24, 2.45) is 0 Å². The summed E-state index contributed by atoms with van der Waals surface area (Å²) in [6.07, 6.45) is 0. The predicted molar refractivity (Wildman–Crippen MR) is 89.2 cm³/mol. The number of carbonyl (C=O) groups excluding carboxylic acids is 2. The fraction of sp³-hybridized carbons (Fsp3) is 0.333. The summed E-state index contributed by atoms with van der Waals surface area (Å²) in [6, 6.07) is 11.1. The lowest BCUT2D eigenvalue weighted by Gasteiger charge is -2.14. The van der Waals surface area contributed by atoms with Gasteiger partial charge in [-0.3, -0.25) is 9.59 Å². The molecule has 0 atom stereocenters. The molecule has 4 nitrogen and oxygen atoms in total. The van der Waals surface area contributed by atoms with Crippen molar-refractivity contribution in [3.8, 4) is 0 Å². The summed E-state index contributed by atoms with van der Waals surface area (Å²) in [5.41, 5.74) is 1.18. The quantitative estimate of drug-likeness (QED) is 0.911. The Balaban J connectivity index is 2.52. The van der Waals surface area contributed by atoms with Gasteiger partial charge in [0.15, 0.2) is 0 Å². The highest BCUT2D eigenvalue weighted by Crippen LogP contribution is 2.23. The number of hydrogen-bond acceptors (Lipinski definition) is 2. The van der Waals surface area contributed by atoms with Gasteiger partial charge in [0, 0.05) is 23.2 Å². The van der Waals surface area contributed by atoms with E-state index in [4.69, 9.17) is 0 Å². The van der Waals surface area contributed by atoms with Crippen LogP contribution in [0.1, 0.15) is 48.4 Å². The molecule has 0 heterocycles. The average molecular weight is 298 g/mol. The molecule has 0 aliphatic carbocycles. The molecule has 0 saturated heterocycles. The van der Waals surface area contributed by atoms with E-state index < -0.39 is 0 Å². The van der Waals surface area contributed by atoms with Gasteiger partial charge in [-0.15, -0.1) is 0 Å². The lowest BCUT2D eigenvalue weighted by Crippen LogP contribution is -2.31. The maximum atomic E-state index is 12.3. The van der Waals surface area contributed by atoms with Crippen LogP contribution >= 0.6 is 0 Å². The van der Waals surface area contributed by atoms with E-state index in [1.807, 2.05) is 52.0 Å². The van der Waals surface area contributed by atoms with Crippen LogP contribution in [0.5, 0.6) is 0 Å². The van der Waals surface area contributed by atoms with Crippen LogP contribution in [0.3, 0.4) is 0 Å². The molecule has 2 aromatic rings. The van der Waals surface area contributed by atoms with Crippen LogP contribution in [0.25, 0.3) is 10.8 Å². The highest BCUT2D eigenvalue weighted by atomic mass is 16.2. The summed E-state index contributed by atoms with van der Waals surface area (Å²) >= 11 is 0. The molecule has 22 heavy (non-hydrogen) atoms. The number of amides is 2. The summed E-state index contributed by atoms with van der Waals surface area (Å²) in [5, 5.41) is 7.36. The lowest BCUT2D eigenvalue weighted by molar-refractivity contribution is 0.0933. The van der Waals surface area contributed by atoms with Gasteiger partial charge in [-0.25, -0.2) is 0 Å². The first-order chi connectivity index (χ1) is 10.4.